The highest BCUT2D eigenvalue weighted by Crippen LogP contribution is 2.26. The summed E-state index contributed by atoms with van der Waals surface area (Å²) in [6.07, 6.45) is -1.55. The van der Waals surface area contributed by atoms with Gasteiger partial charge in [-0.15, -0.1) is 13.2 Å². The second-order valence-corrected chi connectivity index (χ2v) is 5.15. The zero-order chi connectivity index (χ0) is 14.6. The van der Waals surface area contributed by atoms with Crippen molar-refractivity contribution in [1.82, 2.24) is 4.90 Å². The van der Waals surface area contributed by atoms with Crippen LogP contribution in [0.4, 0.5) is 18.9 Å². The molecule has 1 atom stereocenters. The van der Waals surface area contributed by atoms with Gasteiger partial charge in [0.1, 0.15) is 5.75 Å². The molecule has 1 unspecified atom stereocenters. The molecule has 20 heavy (non-hydrogen) atoms. The normalized spacial score (nSPS) is 21.3. The summed E-state index contributed by atoms with van der Waals surface area (Å²) >= 11 is 0. The summed E-state index contributed by atoms with van der Waals surface area (Å²) in [5, 5.41) is 3.29. The third-order valence-electron chi connectivity index (χ3n) is 3.39. The van der Waals surface area contributed by atoms with Gasteiger partial charge in [0.2, 0.25) is 0 Å². The number of hydrogen-bond acceptors (Lipinski definition) is 3. The third-order valence-corrected chi connectivity index (χ3v) is 3.39. The van der Waals surface area contributed by atoms with Crippen LogP contribution >= 0.6 is 0 Å². The molecule has 1 N–H and O–H groups in total. The van der Waals surface area contributed by atoms with E-state index in [1.165, 1.54) is 12.1 Å². The van der Waals surface area contributed by atoms with Crippen LogP contribution in [0, 0.1) is 0 Å². The molecule has 0 bridgehead atoms. The molecule has 6 heteroatoms. The number of nitrogens with one attached hydrogen (secondary N) is 1. The van der Waals surface area contributed by atoms with Crippen LogP contribution in [-0.4, -0.2) is 37.4 Å². The Kier molecular flexibility index (Phi) is 4.75. The van der Waals surface area contributed by atoms with Crippen molar-refractivity contribution in [1.29, 1.82) is 0 Å². The van der Waals surface area contributed by atoms with Gasteiger partial charge in [-0.2, -0.15) is 0 Å². The minimum Gasteiger partial charge on any atom is -0.406 e. The molecule has 1 aromatic carbocycles. The summed E-state index contributed by atoms with van der Waals surface area (Å²) in [5.41, 5.74) is 0.668. The third kappa shape index (κ3) is 4.92. The van der Waals surface area contributed by atoms with Gasteiger partial charge in [0.15, 0.2) is 0 Å². The molecule has 1 aliphatic rings. The van der Waals surface area contributed by atoms with Crippen molar-refractivity contribution < 1.29 is 17.9 Å². The molecule has 0 radical (unpaired) electrons. The first-order chi connectivity index (χ1) is 9.42. The van der Waals surface area contributed by atoms with E-state index in [9.17, 15) is 13.2 Å². The summed E-state index contributed by atoms with van der Waals surface area (Å²) in [6, 6.07) is 6.31. The zero-order valence-electron chi connectivity index (χ0n) is 11.4. The molecule has 1 heterocycles. The largest absolute Gasteiger partial charge is 0.573 e. The van der Waals surface area contributed by atoms with Gasteiger partial charge in [-0.1, -0.05) is 6.07 Å². The molecular weight excluding hydrogens is 269 g/mol. The van der Waals surface area contributed by atoms with Crippen LogP contribution < -0.4 is 10.1 Å². The maximum absolute atomic E-state index is 12.2. The van der Waals surface area contributed by atoms with Gasteiger partial charge >= 0.3 is 6.36 Å². The molecule has 0 aliphatic carbocycles. The van der Waals surface area contributed by atoms with E-state index in [-0.39, 0.29) is 5.75 Å². The minimum absolute atomic E-state index is 0.187. The van der Waals surface area contributed by atoms with Crippen molar-refractivity contribution in [3.8, 4) is 5.75 Å². The number of anilines is 1. The van der Waals surface area contributed by atoms with Crippen molar-refractivity contribution in [2.24, 2.45) is 0 Å². The predicted octanol–water partition coefficient (Wildman–Crippen LogP) is 3.48. The van der Waals surface area contributed by atoms with Gasteiger partial charge in [0, 0.05) is 17.8 Å². The first-order valence-electron chi connectivity index (χ1n) is 6.73. The van der Waals surface area contributed by atoms with E-state index in [0.29, 0.717) is 11.7 Å². The van der Waals surface area contributed by atoms with E-state index >= 15 is 0 Å². The van der Waals surface area contributed by atoms with E-state index in [1.807, 2.05) is 0 Å². The van der Waals surface area contributed by atoms with Gasteiger partial charge < -0.3 is 15.0 Å². The fourth-order valence-electron chi connectivity index (χ4n) is 2.40. The number of ether oxygens (including phenoxy) is 1. The topological polar surface area (TPSA) is 24.5 Å². The summed E-state index contributed by atoms with van der Waals surface area (Å²) in [6.45, 7) is 2.06. The lowest BCUT2D eigenvalue weighted by Gasteiger charge is -2.18. The summed E-state index contributed by atoms with van der Waals surface area (Å²) in [4.78, 5) is 2.27. The number of rotatable bonds is 3. The fraction of sp³-hybridized carbons (Fsp3) is 0.571. The summed E-state index contributed by atoms with van der Waals surface area (Å²) in [7, 11) is 2.08. The van der Waals surface area contributed by atoms with E-state index in [0.717, 1.165) is 32.4 Å². The van der Waals surface area contributed by atoms with Crippen molar-refractivity contribution >= 4 is 5.69 Å². The lowest BCUT2D eigenvalue weighted by molar-refractivity contribution is -0.274. The predicted molar refractivity (Wildman–Crippen MR) is 71.9 cm³/mol. The van der Waals surface area contributed by atoms with Crippen LogP contribution in [0.25, 0.3) is 0 Å². The Morgan fingerprint density at radius 1 is 1.25 bits per heavy atom. The van der Waals surface area contributed by atoms with E-state index < -0.39 is 6.36 Å². The van der Waals surface area contributed by atoms with Crippen LogP contribution in [0.15, 0.2) is 24.3 Å². The monoisotopic (exact) mass is 288 g/mol. The van der Waals surface area contributed by atoms with E-state index in [2.05, 4.69) is 22.0 Å². The molecule has 0 spiro atoms. The Labute approximate surface area is 116 Å². The minimum atomic E-state index is -4.65. The molecule has 1 saturated heterocycles. The number of alkyl halides is 3. The van der Waals surface area contributed by atoms with Crippen LogP contribution in [0.5, 0.6) is 5.75 Å². The van der Waals surface area contributed by atoms with Crippen LogP contribution in [0.1, 0.15) is 19.3 Å². The first-order valence-corrected chi connectivity index (χ1v) is 6.73. The molecule has 0 saturated carbocycles. The van der Waals surface area contributed by atoms with Gasteiger partial charge in [0.25, 0.3) is 0 Å². The lowest BCUT2D eigenvalue weighted by atomic mass is 10.1. The standard InChI is InChI=1S/C14H19F3N2O/c1-19-8-3-5-11(7-9-19)18-12-4-2-6-13(10-12)20-14(15,16)17/h2,4,6,10-11,18H,3,5,7-9H2,1H3. The van der Waals surface area contributed by atoms with Gasteiger partial charge in [-0.05, 0) is 51.5 Å². The number of hydrogen-bond donors (Lipinski definition) is 1. The van der Waals surface area contributed by atoms with Gasteiger partial charge in [-0.25, -0.2) is 0 Å². The van der Waals surface area contributed by atoms with E-state index in [4.69, 9.17) is 0 Å². The molecule has 1 aliphatic heterocycles. The number of nitrogens with zero attached hydrogens (tertiary/aromatic N) is 1. The Morgan fingerprint density at radius 2 is 2.05 bits per heavy atom. The highest BCUT2D eigenvalue weighted by molar-refractivity contribution is 5.48. The van der Waals surface area contributed by atoms with Crippen LogP contribution in [-0.2, 0) is 0 Å². The smallest absolute Gasteiger partial charge is 0.406 e. The Bertz CT molecular complexity index is 437. The zero-order valence-corrected chi connectivity index (χ0v) is 11.4. The molecule has 1 fully saturated rings. The average molecular weight is 288 g/mol. The maximum atomic E-state index is 12.2. The quantitative estimate of drug-likeness (QED) is 0.921. The Balaban J connectivity index is 1.97. The first kappa shape index (κ1) is 15.0. The highest BCUT2D eigenvalue weighted by Gasteiger charge is 2.31. The average Bonchev–Trinajstić information content (AvgIpc) is 2.53. The highest BCUT2D eigenvalue weighted by atomic mass is 19.4. The summed E-state index contributed by atoms with van der Waals surface area (Å²) < 4.78 is 40.5. The number of benzene rings is 1. The molecule has 0 amide bonds. The number of halogens is 3. The molecule has 1 aromatic rings. The maximum Gasteiger partial charge on any atom is 0.573 e. The van der Waals surface area contributed by atoms with Crippen molar-refractivity contribution in [2.75, 3.05) is 25.5 Å². The Morgan fingerprint density at radius 3 is 2.80 bits per heavy atom. The number of likely N-dealkylation sites (tertiary alicyclic amines) is 1. The second kappa shape index (κ2) is 6.35. The molecule has 3 nitrogen and oxygen atoms in total. The Hall–Kier alpha value is -1.43. The second-order valence-electron chi connectivity index (χ2n) is 5.15. The molecule has 0 aromatic heterocycles. The summed E-state index contributed by atoms with van der Waals surface area (Å²) in [5.74, 6) is -0.187. The molecule has 2 rings (SSSR count). The fourth-order valence-corrected chi connectivity index (χ4v) is 2.40. The van der Waals surface area contributed by atoms with E-state index in [1.54, 1.807) is 12.1 Å². The molecule has 112 valence electrons. The van der Waals surface area contributed by atoms with Crippen molar-refractivity contribution in [2.45, 2.75) is 31.7 Å². The molecular formula is C14H19F3N2O. The van der Waals surface area contributed by atoms with Crippen LogP contribution in [0.3, 0.4) is 0 Å². The lowest BCUT2D eigenvalue weighted by Crippen LogP contribution is -2.23. The van der Waals surface area contributed by atoms with Gasteiger partial charge in [0.05, 0.1) is 0 Å². The van der Waals surface area contributed by atoms with Gasteiger partial charge in [-0.3, -0.25) is 0 Å². The van der Waals surface area contributed by atoms with Crippen LogP contribution in [0.2, 0.25) is 0 Å². The van der Waals surface area contributed by atoms with Crippen molar-refractivity contribution in [3.63, 3.8) is 0 Å². The SMILES string of the molecule is CN1CCCC(Nc2cccc(OC(F)(F)F)c2)CC1. The van der Waals surface area contributed by atoms with Crippen molar-refractivity contribution in [3.05, 3.63) is 24.3 Å².